The summed E-state index contributed by atoms with van der Waals surface area (Å²) < 4.78 is 5.43. The first-order chi connectivity index (χ1) is 11.8. The molecule has 0 radical (unpaired) electrons. The van der Waals surface area contributed by atoms with Gasteiger partial charge in [-0.1, -0.05) is 34.1 Å². The van der Waals surface area contributed by atoms with Gasteiger partial charge >= 0.3 is 11.9 Å². The second-order valence-electron chi connectivity index (χ2n) is 4.86. The first kappa shape index (κ1) is 18.3. The highest BCUT2D eigenvalue weighted by Crippen LogP contribution is 2.29. The first-order valence-corrected chi connectivity index (χ1v) is 7.71. The summed E-state index contributed by atoms with van der Waals surface area (Å²) in [5, 5.41) is 20.3. The van der Waals surface area contributed by atoms with Crippen molar-refractivity contribution in [3.05, 3.63) is 73.7 Å². The molecule has 2 aromatic carbocycles. The summed E-state index contributed by atoms with van der Waals surface area (Å²) in [6, 6.07) is 10.3. The molecule has 2 rings (SSSR count). The second kappa shape index (κ2) is 7.71. The Morgan fingerprint density at radius 3 is 2.44 bits per heavy atom. The van der Waals surface area contributed by atoms with Gasteiger partial charge in [0.2, 0.25) is 0 Å². The maximum absolute atomic E-state index is 12.2. The average molecular weight is 406 g/mol. The van der Waals surface area contributed by atoms with Crippen LogP contribution in [0.5, 0.6) is 0 Å². The molecule has 7 nitrogen and oxygen atoms in total. The molecule has 0 saturated carbocycles. The van der Waals surface area contributed by atoms with E-state index < -0.39 is 16.9 Å². The summed E-state index contributed by atoms with van der Waals surface area (Å²) in [6.07, 6.45) is 1.46. The molecule has 2 aromatic rings. The molecule has 0 spiro atoms. The molecule has 0 unspecified atom stereocenters. The van der Waals surface area contributed by atoms with Crippen LogP contribution < -0.4 is 0 Å². The van der Waals surface area contributed by atoms with Crippen molar-refractivity contribution in [3.63, 3.8) is 0 Å². The third kappa shape index (κ3) is 4.10. The van der Waals surface area contributed by atoms with Crippen LogP contribution in [0.3, 0.4) is 0 Å². The lowest BCUT2D eigenvalue weighted by Crippen LogP contribution is -2.10. The van der Waals surface area contributed by atoms with E-state index in [1.807, 2.05) is 0 Å². The number of carboxylic acid groups (broad SMARTS) is 1. The van der Waals surface area contributed by atoms with Crippen LogP contribution in [0.2, 0.25) is 0 Å². The minimum atomic E-state index is -1.39. The van der Waals surface area contributed by atoms with E-state index in [0.717, 1.165) is 12.1 Å². The number of halogens is 1. The highest BCUT2D eigenvalue weighted by Gasteiger charge is 2.23. The van der Waals surface area contributed by atoms with E-state index in [0.29, 0.717) is 10.0 Å². The number of benzene rings is 2. The predicted molar refractivity (Wildman–Crippen MR) is 94.1 cm³/mol. The highest BCUT2D eigenvalue weighted by molar-refractivity contribution is 9.10. The zero-order valence-corrected chi connectivity index (χ0v) is 14.5. The minimum Gasteiger partial charge on any atom is -0.478 e. The monoisotopic (exact) mass is 405 g/mol. The Hall–Kier alpha value is -3.00. The van der Waals surface area contributed by atoms with E-state index >= 15 is 0 Å². The Morgan fingerprint density at radius 1 is 1.20 bits per heavy atom. The van der Waals surface area contributed by atoms with Gasteiger partial charge in [-0.3, -0.25) is 10.1 Å². The normalized spacial score (nSPS) is 11.0. The lowest BCUT2D eigenvalue weighted by atomic mass is 9.97. The van der Waals surface area contributed by atoms with Crippen LogP contribution >= 0.6 is 15.9 Å². The lowest BCUT2D eigenvalue weighted by Gasteiger charge is -2.10. The number of hydrogen-bond donors (Lipinski definition) is 1. The Morgan fingerprint density at radius 2 is 1.88 bits per heavy atom. The van der Waals surface area contributed by atoms with Crippen LogP contribution in [0, 0.1) is 10.1 Å². The zero-order valence-electron chi connectivity index (χ0n) is 12.9. The van der Waals surface area contributed by atoms with Crippen molar-refractivity contribution >= 4 is 45.2 Å². The molecule has 0 aliphatic carbocycles. The van der Waals surface area contributed by atoms with Crippen LogP contribution in [-0.2, 0) is 9.53 Å². The van der Waals surface area contributed by atoms with Crippen LogP contribution in [-0.4, -0.2) is 29.1 Å². The molecule has 0 aromatic heterocycles. The Balaban J connectivity index is 2.71. The molecule has 0 bridgehead atoms. The number of non-ortho nitro benzene ring substituents is 1. The number of carbonyl (C=O) groups is 2. The number of ether oxygens (including phenoxy) is 1. The van der Waals surface area contributed by atoms with Crippen molar-refractivity contribution < 1.29 is 24.4 Å². The van der Waals surface area contributed by atoms with Crippen molar-refractivity contribution in [1.29, 1.82) is 0 Å². The topological polar surface area (TPSA) is 107 Å². The molecule has 128 valence electrons. The summed E-state index contributed by atoms with van der Waals surface area (Å²) in [5.41, 5.74) is -0.121. The number of carbonyl (C=O) groups excluding carboxylic acids is 1. The van der Waals surface area contributed by atoms with Gasteiger partial charge in [0.15, 0.2) is 0 Å². The van der Waals surface area contributed by atoms with E-state index in [1.165, 1.54) is 19.3 Å². The van der Waals surface area contributed by atoms with Gasteiger partial charge in [-0.2, -0.15) is 0 Å². The second-order valence-corrected chi connectivity index (χ2v) is 5.72. The van der Waals surface area contributed by atoms with Crippen LogP contribution in [0.1, 0.15) is 21.5 Å². The fourth-order valence-electron chi connectivity index (χ4n) is 2.16. The van der Waals surface area contributed by atoms with Crippen molar-refractivity contribution in [2.45, 2.75) is 0 Å². The molecular weight excluding hydrogens is 394 g/mol. The number of rotatable bonds is 5. The number of nitro benzene ring substituents is 1. The molecule has 8 heteroatoms. The van der Waals surface area contributed by atoms with E-state index in [1.54, 1.807) is 24.3 Å². The molecule has 0 aliphatic rings. The summed E-state index contributed by atoms with van der Waals surface area (Å²) in [6.45, 7) is 0. The fraction of sp³-hybridized carbons (Fsp3) is 0.0588. The first-order valence-electron chi connectivity index (χ1n) is 6.91. The van der Waals surface area contributed by atoms with Gasteiger partial charge in [0.05, 0.1) is 23.2 Å². The van der Waals surface area contributed by atoms with Crippen LogP contribution in [0.25, 0.3) is 11.6 Å². The molecule has 25 heavy (non-hydrogen) atoms. The maximum Gasteiger partial charge on any atom is 0.338 e. The van der Waals surface area contributed by atoms with Crippen molar-refractivity contribution in [2.24, 2.45) is 0 Å². The van der Waals surface area contributed by atoms with Crippen LogP contribution in [0.4, 0.5) is 5.69 Å². The molecule has 0 fully saturated rings. The van der Waals surface area contributed by atoms with E-state index in [9.17, 15) is 24.8 Å². The number of nitrogens with zero attached hydrogens (tertiary/aromatic N) is 1. The lowest BCUT2D eigenvalue weighted by molar-refractivity contribution is -0.384. The summed E-state index contributed by atoms with van der Waals surface area (Å²) in [4.78, 5) is 33.9. The molecule has 0 amide bonds. The SMILES string of the molecule is COC(=O)C(=Cc1ccccc1Br)c1ccc([N+](=O)[O-])cc1C(=O)O. The number of aromatic carboxylic acids is 1. The predicted octanol–water partition coefficient (Wildman–Crippen LogP) is 3.77. The van der Waals surface area contributed by atoms with Gasteiger partial charge < -0.3 is 9.84 Å². The highest BCUT2D eigenvalue weighted by atomic mass is 79.9. The summed E-state index contributed by atoms with van der Waals surface area (Å²) in [7, 11) is 1.17. The quantitative estimate of drug-likeness (QED) is 0.266. The summed E-state index contributed by atoms with van der Waals surface area (Å²) in [5.74, 6) is -2.15. The van der Waals surface area contributed by atoms with E-state index in [4.69, 9.17) is 4.74 Å². The van der Waals surface area contributed by atoms with Gasteiger partial charge in [0.1, 0.15) is 0 Å². The number of hydrogen-bond acceptors (Lipinski definition) is 5. The van der Waals surface area contributed by atoms with Gasteiger partial charge in [-0.15, -0.1) is 0 Å². The number of carboxylic acids is 1. The largest absolute Gasteiger partial charge is 0.478 e. The number of esters is 1. The molecular formula is C17H12BrNO6. The van der Waals surface area contributed by atoms with Crippen LogP contribution in [0.15, 0.2) is 46.9 Å². The van der Waals surface area contributed by atoms with E-state index in [-0.39, 0.29) is 22.4 Å². The van der Waals surface area contributed by atoms with Crippen molar-refractivity contribution in [3.8, 4) is 0 Å². The Bertz CT molecular complexity index is 890. The average Bonchev–Trinajstić information content (AvgIpc) is 2.59. The van der Waals surface area contributed by atoms with Gasteiger partial charge in [0.25, 0.3) is 5.69 Å². The molecule has 0 saturated heterocycles. The number of methoxy groups -OCH3 is 1. The Kier molecular flexibility index (Phi) is 5.66. The van der Waals surface area contributed by atoms with Gasteiger partial charge in [0, 0.05) is 22.2 Å². The Labute approximate surface area is 150 Å². The molecule has 1 N–H and O–H groups in total. The van der Waals surface area contributed by atoms with Gasteiger partial charge in [-0.25, -0.2) is 9.59 Å². The zero-order chi connectivity index (χ0) is 18.6. The number of nitro groups is 1. The smallest absolute Gasteiger partial charge is 0.338 e. The maximum atomic E-state index is 12.2. The molecule has 0 heterocycles. The minimum absolute atomic E-state index is 0.0262. The van der Waals surface area contributed by atoms with Gasteiger partial charge in [-0.05, 0) is 23.8 Å². The summed E-state index contributed by atoms with van der Waals surface area (Å²) >= 11 is 3.34. The standard InChI is InChI=1S/C17H12BrNO6/c1-25-17(22)14(8-10-4-2-3-5-15(10)18)12-7-6-11(19(23)24)9-13(12)16(20)21/h2-9H,1H3,(H,20,21). The third-order valence-corrected chi connectivity index (χ3v) is 4.07. The molecule has 0 atom stereocenters. The fourth-order valence-corrected chi connectivity index (χ4v) is 2.56. The van der Waals surface area contributed by atoms with Crippen molar-refractivity contribution in [2.75, 3.05) is 7.11 Å². The van der Waals surface area contributed by atoms with Crippen molar-refractivity contribution in [1.82, 2.24) is 0 Å². The third-order valence-electron chi connectivity index (χ3n) is 3.34. The van der Waals surface area contributed by atoms with E-state index in [2.05, 4.69) is 15.9 Å². The molecule has 0 aliphatic heterocycles.